The first-order valence-corrected chi connectivity index (χ1v) is 8.67. The fourth-order valence-electron chi connectivity index (χ4n) is 3.00. The molecule has 0 unspecified atom stereocenters. The molecule has 0 aliphatic rings. The van der Waals surface area contributed by atoms with E-state index in [1.807, 2.05) is 79.7 Å². The number of rotatable bonds is 5. The standard InChI is InChI=1S/C23H20N2O2/c1-16(17-8-4-3-5-9-17)25-23(26)19(15-24)14-18-12-13-22(27-2)21-11-7-6-10-20(18)21/h3-14,16H,1-2H3,(H,25,26)/b19-14+/t16-/m1/s1. The molecule has 0 bridgehead atoms. The van der Waals surface area contributed by atoms with E-state index in [4.69, 9.17) is 4.74 Å². The van der Waals surface area contributed by atoms with Gasteiger partial charge in [-0.25, -0.2) is 0 Å². The number of benzene rings is 3. The first kappa shape index (κ1) is 18.2. The van der Waals surface area contributed by atoms with Gasteiger partial charge in [0.15, 0.2) is 0 Å². The number of carbonyl (C=O) groups excluding carboxylic acids is 1. The van der Waals surface area contributed by atoms with E-state index in [1.165, 1.54) is 0 Å². The van der Waals surface area contributed by atoms with Crippen LogP contribution in [0, 0.1) is 11.3 Å². The van der Waals surface area contributed by atoms with Crippen LogP contribution in [-0.4, -0.2) is 13.0 Å². The highest BCUT2D eigenvalue weighted by atomic mass is 16.5. The lowest BCUT2D eigenvalue weighted by molar-refractivity contribution is -0.117. The fraction of sp³-hybridized carbons (Fsp3) is 0.130. The van der Waals surface area contributed by atoms with Gasteiger partial charge in [0, 0.05) is 5.39 Å². The number of nitriles is 1. The molecule has 0 aliphatic heterocycles. The Morgan fingerprint density at radius 2 is 1.70 bits per heavy atom. The molecule has 0 saturated carbocycles. The molecule has 3 aromatic rings. The van der Waals surface area contributed by atoms with Crippen molar-refractivity contribution >= 4 is 22.8 Å². The smallest absolute Gasteiger partial charge is 0.262 e. The van der Waals surface area contributed by atoms with Crippen molar-refractivity contribution in [2.75, 3.05) is 7.11 Å². The van der Waals surface area contributed by atoms with E-state index in [-0.39, 0.29) is 11.6 Å². The van der Waals surface area contributed by atoms with Crippen molar-refractivity contribution in [3.05, 3.63) is 83.4 Å². The Morgan fingerprint density at radius 1 is 1.04 bits per heavy atom. The maximum absolute atomic E-state index is 12.6. The summed E-state index contributed by atoms with van der Waals surface area (Å²) < 4.78 is 5.40. The van der Waals surface area contributed by atoms with E-state index in [9.17, 15) is 10.1 Å². The van der Waals surface area contributed by atoms with Gasteiger partial charge < -0.3 is 10.1 Å². The van der Waals surface area contributed by atoms with Crippen LogP contribution in [0.5, 0.6) is 5.75 Å². The van der Waals surface area contributed by atoms with Gasteiger partial charge in [0.1, 0.15) is 17.4 Å². The predicted molar refractivity (Wildman–Crippen MR) is 107 cm³/mol. The van der Waals surface area contributed by atoms with Gasteiger partial charge in [0.05, 0.1) is 13.2 Å². The van der Waals surface area contributed by atoms with Crippen LogP contribution in [0.15, 0.2) is 72.3 Å². The van der Waals surface area contributed by atoms with Crippen LogP contribution in [0.3, 0.4) is 0 Å². The quantitative estimate of drug-likeness (QED) is 0.535. The molecule has 0 aliphatic carbocycles. The Morgan fingerprint density at radius 3 is 2.37 bits per heavy atom. The van der Waals surface area contributed by atoms with Gasteiger partial charge in [-0.15, -0.1) is 0 Å². The molecule has 0 fully saturated rings. The van der Waals surface area contributed by atoms with Crippen LogP contribution in [0.25, 0.3) is 16.8 Å². The molecule has 1 N–H and O–H groups in total. The fourth-order valence-corrected chi connectivity index (χ4v) is 3.00. The van der Waals surface area contributed by atoms with Crippen molar-refractivity contribution in [3.63, 3.8) is 0 Å². The maximum atomic E-state index is 12.6. The number of methoxy groups -OCH3 is 1. The Balaban J connectivity index is 1.92. The summed E-state index contributed by atoms with van der Waals surface area (Å²) in [6, 6.07) is 22.9. The SMILES string of the molecule is COc1ccc(/C=C(\C#N)C(=O)N[C@H](C)c2ccccc2)c2ccccc12. The lowest BCUT2D eigenvalue weighted by Crippen LogP contribution is -2.27. The molecule has 3 rings (SSSR count). The Bertz CT molecular complexity index is 1030. The summed E-state index contributed by atoms with van der Waals surface area (Å²) in [5.41, 5.74) is 1.84. The summed E-state index contributed by atoms with van der Waals surface area (Å²) in [6.07, 6.45) is 1.62. The van der Waals surface area contributed by atoms with E-state index in [0.29, 0.717) is 0 Å². The third-order valence-electron chi connectivity index (χ3n) is 4.45. The molecule has 1 atom stereocenters. The third kappa shape index (κ3) is 3.99. The summed E-state index contributed by atoms with van der Waals surface area (Å²) in [5.74, 6) is 0.358. The number of nitrogens with zero attached hydrogens (tertiary/aromatic N) is 1. The minimum absolute atomic E-state index is 0.0631. The Hall–Kier alpha value is -3.58. The highest BCUT2D eigenvalue weighted by Crippen LogP contribution is 2.29. The largest absolute Gasteiger partial charge is 0.496 e. The zero-order valence-electron chi connectivity index (χ0n) is 15.3. The van der Waals surface area contributed by atoms with Crippen LogP contribution in [0.4, 0.5) is 0 Å². The van der Waals surface area contributed by atoms with Crippen molar-refractivity contribution in [2.45, 2.75) is 13.0 Å². The number of nitrogens with one attached hydrogen (secondary N) is 1. The molecule has 0 heterocycles. The van der Waals surface area contributed by atoms with Gasteiger partial charge in [0.25, 0.3) is 5.91 Å². The van der Waals surface area contributed by atoms with E-state index in [2.05, 4.69) is 5.32 Å². The predicted octanol–water partition coefficient (Wildman–Crippen LogP) is 4.63. The molecule has 0 spiro atoms. The molecular weight excluding hydrogens is 336 g/mol. The lowest BCUT2D eigenvalue weighted by atomic mass is 10.0. The summed E-state index contributed by atoms with van der Waals surface area (Å²) in [7, 11) is 1.62. The summed E-state index contributed by atoms with van der Waals surface area (Å²) in [5, 5.41) is 14.3. The highest BCUT2D eigenvalue weighted by Gasteiger charge is 2.14. The lowest BCUT2D eigenvalue weighted by Gasteiger charge is -2.14. The molecule has 27 heavy (non-hydrogen) atoms. The van der Waals surface area contributed by atoms with Gasteiger partial charge in [-0.3, -0.25) is 4.79 Å². The van der Waals surface area contributed by atoms with Crippen molar-refractivity contribution in [1.82, 2.24) is 5.32 Å². The van der Waals surface area contributed by atoms with E-state index >= 15 is 0 Å². The molecule has 3 aromatic carbocycles. The van der Waals surface area contributed by atoms with Crippen molar-refractivity contribution < 1.29 is 9.53 Å². The minimum Gasteiger partial charge on any atom is -0.496 e. The first-order valence-electron chi connectivity index (χ1n) is 8.67. The average molecular weight is 356 g/mol. The Labute approximate surface area is 158 Å². The molecule has 0 saturated heterocycles. The number of fused-ring (bicyclic) bond motifs is 1. The van der Waals surface area contributed by atoms with Gasteiger partial charge in [-0.05, 0) is 35.6 Å². The zero-order chi connectivity index (χ0) is 19.2. The third-order valence-corrected chi connectivity index (χ3v) is 4.45. The van der Waals surface area contributed by atoms with Gasteiger partial charge >= 0.3 is 0 Å². The molecular formula is C23H20N2O2. The highest BCUT2D eigenvalue weighted by molar-refractivity contribution is 6.04. The van der Waals surface area contributed by atoms with Crippen LogP contribution >= 0.6 is 0 Å². The molecule has 0 aromatic heterocycles. The van der Waals surface area contributed by atoms with Gasteiger partial charge in [-0.1, -0.05) is 60.7 Å². The molecule has 1 amide bonds. The van der Waals surface area contributed by atoms with Crippen LogP contribution < -0.4 is 10.1 Å². The van der Waals surface area contributed by atoms with Crippen molar-refractivity contribution in [3.8, 4) is 11.8 Å². The average Bonchev–Trinajstić information content (AvgIpc) is 2.72. The zero-order valence-corrected chi connectivity index (χ0v) is 15.3. The molecule has 134 valence electrons. The summed E-state index contributed by atoms with van der Waals surface area (Å²) >= 11 is 0. The van der Waals surface area contributed by atoms with Crippen LogP contribution in [-0.2, 0) is 4.79 Å². The van der Waals surface area contributed by atoms with E-state index in [1.54, 1.807) is 13.2 Å². The van der Waals surface area contributed by atoms with Crippen LogP contribution in [0.2, 0.25) is 0 Å². The maximum Gasteiger partial charge on any atom is 0.262 e. The van der Waals surface area contributed by atoms with Crippen molar-refractivity contribution in [2.24, 2.45) is 0 Å². The number of ether oxygens (including phenoxy) is 1. The Kier molecular flexibility index (Phi) is 5.53. The minimum atomic E-state index is -0.395. The van der Waals surface area contributed by atoms with E-state index in [0.717, 1.165) is 27.6 Å². The van der Waals surface area contributed by atoms with Crippen molar-refractivity contribution in [1.29, 1.82) is 5.26 Å². The monoisotopic (exact) mass is 356 g/mol. The topological polar surface area (TPSA) is 62.1 Å². The van der Waals surface area contributed by atoms with Gasteiger partial charge in [0.2, 0.25) is 0 Å². The number of hydrogen-bond acceptors (Lipinski definition) is 3. The molecule has 4 nitrogen and oxygen atoms in total. The number of amides is 1. The second kappa shape index (κ2) is 8.20. The normalized spacial score (nSPS) is 12.3. The second-order valence-electron chi connectivity index (χ2n) is 6.18. The number of carbonyl (C=O) groups is 1. The van der Waals surface area contributed by atoms with E-state index < -0.39 is 5.91 Å². The van der Waals surface area contributed by atoms with Crippen LogP contribution in [0.1, 0.15) is 24.1 Å². The summed E-state index contributed by atoms with van der Waals surface area (Å²) in [4.78, 5) is 12.6. The first-order chi connectivity index (χ1) is 13.1. The summed E-state index contributed by atoms with van der Waals surface area (Å²) in [6.45, 7) is 1.89. The number of hydrogen-bond donors (Lipinski definition) is 1. The second-order valence-corrected chi connectivity index (χ2v) is 6.18. The molecule has 0 radical (unpaired) electrons. The van der Waals surface area contributed by atoms with Gasteiger partial charge in [-0.2, -0.15) is 5.26 Å². The molecule has 4 heteroatoms.